The lowest BCUT2D eigenvalue weighted by Crippen LogP contribution is -2.62. The first-order chi connectivity index (χ1) is 17.5. The molecule has 0 saturated carbocycles. The number of H-pyrrole nitrogens is 1. The lowest BCUT2D eigenvalue weighted by molar-refractivity contribution is 0.160. The van der Waals surface area contributed by atoms with Gasteiger partial charge >= 0.3 is 0 Å². The number of aromatic amines is 1. The number of rotatable bonds is 5. The van der Waals surface area contributed by atoms with E-state index in [0.29, 0.717) is 23.7 Å². The van der Waals surface area contributed by atoms with Gasteiger partial charge in [0.1, 0.15) is 5.76 Å². The lowest BCUT2D eigenvalue weighted by atomic mass is 9.71. The molecule has 1 fully saturated rings. The second-order valence-electron chi connectivity index (χ2n) is 11.8. The van der Waals surface area contributed by atoms with Gasteiger partial charge in [0.15, 0.2) is 5.82 Å². The number of aromatic nitrogens is 5. The third-order valence-corrected chi connectivity index (χ3v) is 7.66. The van der Waals surface area contributed by atoms with Crippen molar-refractivity contribution in [1.29, 1.82) is 0 Å². The number of pyridine rings is 1. The van der Waals surface area contributed by atoms with Gasteiger partial charge in [-0.1, -0.05) is 6.08 Å². The summed E-state index contributed by atoms with van der Waals surface area (Å²) in [4.78, 5) is 14.2. The third-order valence-electron chi connectivity index (χ3n) is 7.66. The largest absolute Gasteiger partial charge is 0.508 e. The van der Waals surface area contributed by atoms with Gasteiger partial charge < -0.3 is 20.3 Å². The molecule has 3 N–H and O–H groups in total. The zero-order valence-electron chi connectivity index (χ0n) is 22.6. The highest BCUT2D eigenvalue weighted by molar-refractivity contribution is 5.77. The van der Waals surface area contributed by atoms with Gasteiger partial charge in [0.25, 0.3) is 0 Å². The number of aliphatic hydroxyl groups is 1. The molecule has 8 heteroatoms. The highest BCUT2D eigenvalue weighted by Crippen LogP contribution is 2.43. The minimum Gasteiger partial charge on any atom is -0.508 e. The van der Waals surface area contributed by atoms with E-state index in [1.807, 2.05) is 49.5 Å². The molecule has 0 aromatic carbocycles. The number of allylic oxidation sites excluding steroid dienone is 3. The molecule has 1 aliphatic heterocycles. The zero-order chi connectivity index (χ0) is 26.4. The fourth-order valence-electron chi connectivity index (χ4n) is 6.21. The highest BCUT2D eigenvalue weighted by atomic mass is 16.3. The summed E-state index contributed by atoms with van der Waals surface area (Å²) in [6, 6.07) is 8.33. The second-order valence-corrected chi connectivity index (χ2v) is 11.8. The van der Waals surface area contributed by atoms with Crippen LogP contribution in [0.2, 0.25) is 0 Å². The number of aliphatic hydroxyl groups excluding tert-OH is 1. The van der Waals surface area contributed by atoms with Crippen molar-refractivity contribution in [1.82, 2.24) is 30.5 Å². The van der Waals surface area contributed by atoms with Crippen LogP contribution in [-0.2, 0) is 5.41 Å². The van der Waals surface area contributed by atoms with Crippen molar-refractivity contribution in [3.05, 3.63) is 83.5 Å². The molecule has 1 unspecified atom stereocenters. The molecule has 194 valence electrons. The van der Waals surface area contributed by atoms with Crippen LogP contribution in [0.5, 0.6) is 0 Å². The van der Waals surface area contributed by atoms with E-state index in [1.165, 1.54) is 0 Å². The molecule has 37 heavy (non-hydrogen) atoms. The standard InChI is InChI=1S/C29H37N7O/c1-19-13-20(10-12-31-19)29(25-17-30-18-32-25)11-9-22(24(37)16-29)23-7-8-26(34-33-23)36(6)21-14-27(2,3)35-28(4,5)15-21/h7-10,12-13,16-18,21,35,37H,11,14-15H2,1-6H3,(H,30,32). The fraction of sp³-hybridized carbons (Fsp3) is 0.448. The number of piperidine rings is 1. The average molecular weight is 500 g/mol. The van der Waals surface area contributed by atoms with Crippen LogP contribution in [0, 0.1) is 6.92 Å². The predicted octanol–water partition coefficient (Wildman–Crippen LogP) is 4.86. The quantitative estimate of drug-likeness (QED) is 0.460. The van der Waals surface area contributed by atoms with Gasteiger partial charge in [-0.15, -0.1) is 10.2 Å². The third kappa shape index (κ3) is 4.90. The van der Waals surface area contributed by atoms with Gasteiger partial charge in [-0.05, 0) is 89.8 Å². The summed E-state index contributed by atoms with van der Waals surface area (Å²) in [5, 5.41) is 24.1. The summed E-state index contributed by atoms with van der Waals surface area (Å²) in [7, 11) is 2.10. The van der Waals surface area contributed by atoms with E-state index in [2.05, 4.69) is 70.1 Å². The smallest absolute Gasteiger partial charge is 0.151 e. The molecule has 3 aromatic heterocycles. The van der Waals surface area contributed by atoms with Crippen molar-refractivity contribution in [2.24, 2.45) is 0 Å². The topological polar surface area (TPSA) is 103 Å². The minimum atomic E-state index is -0.594. The average Bonchev–Trinajstić information content (AvgIpc) is 3.37. The van der Waals surface area contributed by atoms with Crippen molar-refractivity contribution in [2.45, 2.75) is 76.4 Å². The maximum Gasteiger partial charge on any atom is 0.151 e. The van der Waals surface area contributed by atoms with E-state index < -0.39 is 5.41 Å². The Labute approximate surface area is 219 Å². The van der Waals surface area contributed by atoms with Crippen LogP contribution < -0.4 is 10.2 Å². The number of imidazole rings is 1. The Hall–Kier alpha value is -3.52. The van der Waals surface area contributed by atoms with Crippen molar-refractivity contribution >= 4 is 11.4 Å². The minimum absolute atomic E-state index is 0.0473. The monoisotopic (exact) mass is 499 g/mol. The zero-order valence-corrected chi connectivity index (χ0v) is 22.6. The van der Waals surface area contributed by atoms with Crippen LogP contribution in [0.15, 0.2) is 60.9 Å². The summed E-state index contributed by atoms with van der Waals surface area (Å²) in [5.41, 5.74) is 3.63. The van der Waals surface area contributed by atoms with Crippen LogP contribution in [0.1, 0.15) is 69.6 Å². The number of aryl methyl sites for hydroxylation is 1. The molecule has 1 saturated heterocycles. The summed E-state index contributed by atoms with van der Waals surface area (Å²) < 4.78 is 0. The first-order valence-electron chi connectivity index (χ1n) is 12.9. The molecule has 8 nitrogen and oxygen atoms in total. The molecule has 4 heterocycles. The van der Waals surface area contributed by atoms with Crippen molar-refractivity contribution in [3.63, 3.8) is 0 Å². The van der Waals surface area contributed by atoms with Gasteiger partial charge in [-0.2, -0.15) is 0 Å². The number of hydrogen-bond donors (Lipinski definition) is 3. The van der Waals surface area contributed by atoms with Gasteiger partial charge in [0.05, 0.1) is 23.1 Å². The molecule has 0 spiro atoms. The van der Waals surface area contributed by atoms with E-state index in [0.717, 1.165) is 35.6 Å². The SMILES string of the molecule is Cc1cc(C2(c3c[nH]cn3)C=C(O)C(c3ccc(N(C)C4CC(C)(C)NC(C)(C)C4)nn3)=CC2)ccn1. The maximum atomic E-state index is 11.2. The maximum absolute atomic E-state index is 11.2. The van der Waals surface area contributed by atoms with Crippen LogP contribution in [0.3, 0.4) is 0 Å². The number of anilines is 1. The second kappa shape index (κ2) is 9.10. The van der Waals surface area contributed by atoms with Crippen LogP contribution in [0.4, 0.5) is 5.82 Å². The summed E-state index contributed by atoms with van der Waals surface area (Å²) >= 11 is 0. The number of nitrogens with one attached hydrogen (secondary N) is 2. The van der Waals surface area contributed by atoms with Crippen LogP contribution >= 0.6 is 0 Å². The van der Waals surface area contributed by atoms with Crippen molar-refractivity contribution < 1.29 is 5.11 Å². The van der Waals surface area contributed by atoms with Crippen molar-refractivity contribution in [3.8, 4) is 0 Å². The molecule has 1 aliphatic carbocycles. The number of hydrogen-bond acceptors (Lipinski definition) is 7. The lowest BCUT2D eigenvalue weighted by Gasteiger charge is -2.49. The van der Waals surface area contributed by atoms with E-state index in [4.69, 9.17) is 0 Å². The number of nitrogens with zero attached hydrogens (tertiary/aromatic N) is 5. The van der Waals surface area contributed by atoms with E-state index in [9.17, 15) is 5.11 Å². The highest BCUT2D eigenvalue weighted by Gasteiger charge is 2.40. The Balaban J connectivity index is 1.41. The van der Waals surface area contributed by atoms with Crippen molar-refractivity contribution in [2.75, 3.05) is 11.9 Å². The summed E-state index contributed by atoms with van der Waals surface area (Å²) in [5.74, 6) is 1.00. The van der Waals surface area contributed by atoms with Gasteiger partial charge in [-0.25, -0.2) is 4.98 Å². The Morgan fingerprint density at radius 3 is 2.38 bits per heavy atom. The van der Waals surface area contributed by atoms with Crippen LogP contribution in [0.25, 0.3) is 5.57 Å². The molecule has 0 bridgehead atoms. The molecule has 0 amide bonds. The van der Waals surface area contributed by atoms with E-state index in [-0.39, 0.29) is 16.8 Å². The molecule has 0 radical (unpaired) electrons. The molecule has 2 aliphatic rings. The first kappa shape index (κ1) is 25.1. The van der Waals surface area contributed by atoms with E-state index >= 15 is 0 Å². The van der Waals surface area contributed by atoms with Gasteiger partial charge in [0.2, 0.25) is 0 Å². The van der Waals surface area contributed by atoms with Gasteiger partial charge in [-0.3, -0.25) is 4.98 Å². The molecule has 5 rings (SSSR count). The molecular formula is C29H37N7O. The summed E-state index contributed by atoms with van der Waals surface area (Å²) in [6.45, 7) is 11.0. The predicted molar refractivity (Wildman–Crippen MR) is 146 cm³/mol. The molecule has 1 atom stereocenters. The Kier molecular flexibility index (Phi) is 6.18. The summed E-state index contributed by atoms with van der Waals surface area (Å²) in [6.07, 6.45) is 11.9. The van der Waals surface area contributed by atoms with Gasteiger partial charge in [0, 0.05) is 47.8 Å². The fourth-order valence-corrected chi connectivity index (χ4v) is 6.21. The first-order valence-corrected chi connectivity index (χ1v) is 12.9. The Morgan fingerprint density at radius 1 is 1.03 bits per heavy atom. The normalized spacial score (nSPS) is 23.3. The Bertz CT molecular complexity index is 1310. The van der Waals surface area contributed by atoms with E-state index in [1.54, 1.807) is 12.5 Å². The Morgan fingerprint density at radius 2 is 1.78 bits per heavy atom. The molecular weight excluding hydrogens is 462 g/mol. The van der Waals surface area contributed by atoms with Crippen LogP contribution in [-0.4, -0.2) is 54.4 Å². The molecule has 3 aromatic rings.